The van der Waals surface area contributed by atoms with Crippen LogP contribution in [0.5, 0.6) is 17.2 Å². The summed E-state index contributed by atoms with van der Waals surface area (Å²) in [4.78, 5) is 11.0. The van der Waals surface area contributed by atoms with Gasteiger partial charge in [0.05, 0.1) is 37.0 Å². The molecule has 358 valence electrons. The van der Waals surface area contributed by atoms with Crippen molar-refractivity contribution in [3.05, 3.63) is 223 Å². The molecule has 0 bridgehead atoms. The summed E-state index contributed by atoms with van der Waals surface area (Å²) >= 11 is 0. The summed E-state index contributed by atoms with van der Waals surface area (Å²) in [7, 11) is 3.35. The van der Waals surface area contributed by atoms with E-state index in [2.05, 4.69) is 135 Å². The van der Waals surface area contributed by atoms with Crippen LogP contribution in [0, 0.1) is 6.92 Å². The molecule has 0 aliphatic carbocycles. The Morgan fingerprint density at radius 2 is 0.875 bits per heavy atom. The molecular weight excluding hydrogens is 893 g/mol. The Kier molecular flexibility index (Phi) is 14.8. The van der Waals surface area contributed by atoms with Crippen LogP contribution in [-0.4, -0.2) is 51.5 Å². The van der Waals surface area contributed by atoms with Gasteiger partial charge in [-0.25, -0.2) is 14.2 Å². The number of para-hydroxylation sites is 2. The van der Waals surface area contributed by atoms with Gasteiger partial charge >= 0.3 is 5.97 Å². The summed E-state index contributed by atoms with van der Waals surface area (Å²) in [5.74, 6) is 1.12. The molecule has 2 heterocycles. The van der Waals surface area contributed by atoms with Crippen LogP contribution in [0.1, 0.15) is 30.8 Å². The molecule has 0 saturated carbocycles. The Bertz CT molecular complexity index is 3430. The molecule has 0 amide bonds. The number of aliphatic carboxylic acids is 1. The summed E-state index contributed by atoms with van der Waals surface area (Å²) in [5, 5.41) is 19.4. The number of carboxylic acid groups (broad SMARTS) is 1. The van der Waals surface area contributed by atoms with Crippen molar-refractivity contribution >= 4 is 5.97 Å². The normalized spacial score (nSPS) is 10.8. The number of aryl methyl sites for hydroxylation is 1. The van der Waals surface area contributed by atoms with E-state index in [0.717, 1.165) is 86.2 Å². The largest absolute Gasteiger partial charge is 0.497 e. The second kappa shape index (κ2) is 22.2. The molecule has 0 radical (unpaired) electrons. The first-order chi connectivity index (χ1) is 35.3. The molecule has 0 atom stereocenters. The fourth-order valence-corrected chi connectivity index (χ4v) is 9.19. The van der Waals surface area contributed by atoms with Crippen LogP contribution in [-0.2, 0) is 17.6 Å². The topological polar surface area (TPSA) is 101 Å². The number of hydrogen-bond acceptors (Lipinski definition) is 6. The van der Waals surface area contributed by atoms with Crippen molar-refractivity contribution in [3.8, 4) is 95.6 Å². The number of carboxylic acids is 1. The van der Waals surface area contributed by atoms with E-state index in [1.165, 1.54) is 33.5 Å². The first kappa shape index (κ1) is 48.1. The van der Waals surface area contributed by atoms with Crippen LogP contribution >= 0.6 is 0 Å². The molecule has 0 aliphatic heterocycles. The van der Waals surface area contributed by atoms with Crippen LogP contribution in [0.15, 0.2) is 206 Å². The van der Waals surface area contributed by atoms with Crippen LogP contribution in [0.25, 0.3) is 78.4 Å². The minimum absolute atomic E-state index is 0.393. The molecule has 8 aromatic carbocycles. The fraction of sp³-hybridized carbons (Fsp3) is 0.127. The van der Waals surface area contributed by atoms with E-state index in [1.54, 1.807) is 20.3 Å². The smallest absolute Gasteiger partial charge is 0.341 e. The van der Waals surface area contributed by atoms with Crippen LogP contribution in [0.4, 0.5) is 0 Å². The maximum Gasteiger partial charge on any atom is 0.341 e. The molecule has 0 spiro atoms. The van der Waals surface area contributed by atoms with Gasteiger partial charge in [0.15, 0.2) is 6.61 Å². The predicted octanol–water partition coefficient (Wildman–Crippen LogP) is 14.7. The molecule has 0 unspecified atom stereocenters. The Morgan fingerprint density at radius 1 is 0.458 bits per heavy atom. The lowest BCUT2D eigenvalue weighted by Gasteiger charge is -2.14. The molecule has 0 fully saturated rings. The highest BCUT2D eigenvalue weighted by atomic mass is 16.5. The predicted molar refractivity (Wildman–Crippen MR) is 289 cm³/mol. The standard InChI is InChI=1S/C32H28N2O4.C31H28N2O/c1-3-28-31(22-10-5-4-6-11-22)32(23-16-18-25(37-2)19-17-23)33-34(28)29-15-8-7-14-27(29)24-12-9-13-26(20-24)38-21-30(35)36;1-4-28-30(23-12-6-5-7-13-23)31(24-17-19-26(34-3)20-18-24)32-33(28)29-16-9-8-15-27(29)25-14-10-11-22(2)21-25/h4-20H,3,21H2,1-2H3,(H,35,36);5-21H,4H2,1-3H3. The molecule has 1 N–H and O–H groups in total. The first-order valence-electron chi connectivity index (χ1n) is 24.1. The van der Waals surface area contributed by atoms with E-state index in [1.807, 2.05) is 95.7 Å². The van der Waals surface area contributed by atoms with Gasteiger partial charge in [-0.3, -0.25) is 0 Å². The summed E-state index contributed by atoms with van der Waals surface area (Å²) in [6.07, 6.45) is 1.62. The SMILES string of the molecule is CCc1c(-c2ccccc2)c(-c2ccc(OC)cc2)nn1-c1ccccc1-c1cccc(C)c1.CCc1c(-c2ccccc2)c(-c2ccc(OC)cc2)nn1-c1ccccc1-c1cccc(OCC(=O)O)c1. The number of nitrogens with zero attached hydrogens (tertiary/aromatic N) is 4. The number of aromatic nitrogens is 4. The van der Waals surface area contributed by atoms with E-state index < -0.39 is 12.6 Å². The van der Waals surface area contributed by atoms with E-state index in [0.29, 0.717) is 5.75 Å². The zero-order valence-corrected chi connectivity index (χ0v) is 41.1. The van der Waals surface area contributed by atoms with Gasteiger partial charge in [-0.15, -0.1) is 0 Å². The Labute approximate surface area is 421 Å². The number of ether oxygens (including phenoxy) is 3. The van der Waals surface area contributed by atoms with Gasteiger partial charge in [0.25, 0.3) is 0 Å². The molecule has 9 nitrogen and oxygen atoms in total. The molecule has 10 aromatic rings. The number of carbonyl (C=O) groups is 1. The molecule has 72 heavy (non-hydrogen) atoms. The third-order valence-corrected chi connectivity index (χ3v) is 12.6. The Morgan fingerprint density at radius 3 is 1.31 bits per heavy atom. The summed E-state index contributed by atoms with van der Waals surface area (Å²) in [5.41, 5.74) is 18.3. The van der Waals surface area contributed by atoms with Crippen LogP contribution < -0.4 is 14.2 Å². The van der Waals surface area contributed by atoms with Gasteiger partial charge in [-0.05, 0) is 115 Å². The highest BCUT2D eigenvalue weighted by molar-refractivity contribution is 5.86. The lowest BCUT2D eigenvalue weighted by molar-refractivity contribution is -0.139. The molecule has 10 rings (SSSR count). The van der Waals surface area contributed by atoms with Gasteiger partial charge in [0.2, 0.25) is 0 Å². The quantitative estimate of drug-likeness (QED) is 0.109. The second-order valence-corrected chi connectivity index (χ2v) is 17.2. The van der Waals surface area contributed by atoms with Crippen molar-refractivity contribution < 1.29 is 24.1 Å². The lowest BCUT2D eigenvalue weighted by atomic mass is 9.97. The molecule has 0 aliphatic rings. The van der Waals surface area contributed by atoms with Crippen molar-refractivity contribution in [2.75, 3.05) is 20.8 Å². The van der Waals surface area contributed by atoms with Crippen molar-refractivity contribution in [2.24, 2.45) is 0 Å². The minimum Gasteiger partial charge on any atom is -0.497 e. The number of methoxy groups -OCH3 is 2. The van der Waals surface area contributed by atoms with Crippen molar-refractivity contribution in [1.82, 2.24) is 19.6 Å². The van der Waals surface area contributed by atoms with E-state index in [9.17, 15) is 4.79 Å². The lowest BCUT2D eigenvalue weighted by Crippen LogP contribution is -2.09. The highest BCUT2D eigenvalue weighted by Gasteiger charge is 2.24. The third-order valence-electron chi connectivity index (χ3n) is 12.6. The summed E-state index contributed by atoms with van der Waals surface area (Å²) < 4.78 is 20.4. The maximum atomic E-state index is 11.0. The van der Waals surface area contributed by atoms with Gasteiger partial charge in [0.1, 0.15) is 28.6 Å². The number of benzene rings is 8. The maximum absolute atomic E-state index is 11.0. The van der Waals surface area contributed by atoms with E-state index in [-0.39, 0.29) is 0 Å². The van der Waals surface area contributed by atoms with Crippen molar-refractivity contribution in [2.45, 2.75) is 33.6 Å². The first-order valence-corrected chi connectivity index (χ1v) is 24.1. The monoisotopic (exact) mass is 948 g/mol. The third kappa shape index (κ3) is 10.3. The summed E-state index contributed by atoms with van der Waals surface area (Å²) in [6.45, 7) is 6.08. The Hall–Kier alpha value is -8.95. The van der Waals surface area contributed by atoms with Crippen LogP contribution in [0.3, 0.4) is 0 Å². The molecular formula is C63H56N4O5. The number of hydrogen-bond donors (Lipinski definition) is 1. The Balaban J connectivity index is 0.000000179. The van der Waals surface area contributed by atoms with E-state index in [4.69, 9.17) is 29.5 Å². The minimum atomic E-state index is -1.01. The van der Waals surface area contributed by atoms with Gasteiger partial charge < -0.3 is 19.3 Å². The molecule has 9 heteroatoms. The van der Waals surface area contributed by atoms with E-state index >= 15 is 0 Å². The average molecular weight is 949 g/mol. The van der Waals surface area contributed by atoms with Gasteiger partial charge in [-0.1, -0.05) is 153 Å². The van der Waals surface area contributed by atoms with Crippen LogP contribution in [0.2, 0.25) is 0 Å². The van der Waals surface area contributed by atoms with Crippen molar-refractivity contribution in [1.29, 1.82) is 0 Å². The van der Waals surface area contributed by atoms with Crippen molar-refractivity contribution in [3.63, 3.8) is 0 Å². The zero-order valence-electron chi connectivity index (χ0n) is 41.1. The molecule has 0 saturated heterocycles. The second-order valence-electron chi connectivity index (χ2n) is 17.2. The zero-order chi connectivity index (χ0) is 50.0. The van der Waals surface area contributed by atoms with Gasteiger partial charge in [-0.2, -0.15) is 10.2 Å². The number of rotatable bonds is 15. The fourth-order valence-electron chi connectivity index (χ4n) is 9.19. The van der Waals surface area contributed by atoms with Gasteiger partial charge in [0, 0.05) is 33.4 Å². The highest BCUT2D eigenvalue weighted by Crippen LogP contribution is 2.41. The molecule has 2 aromatic heterocycles. The summed E-state index contributed by atoms with van der Waals surface area (Å²) in [6, 6.07) is 69.8. The average Bonchev–Trinajstić information content (AvgIpc) is 4.03.